The topological polar surface area (TPSA) is 49.3 Å². The van der Waals surface area contributed by atoms with Gasteiger partial charge in [-0.25, -0.2) is 0 Å². The molecule has 0 spiro atoms. The Morgan fingerprint density at radius 2 is 2.54 bits per heavy atom. The van der Waals surface area contributed by atoms with E-state index in [0.29, 0.717) is 6.54 Å². The molecule has 0 radical (unpaired) electrons. The van der Waals surface area contributed by atoms with E-state index in [4.69, 9.17) is 5.11 Å². The van der Waals surface area contributed by atoms with Gasteiger partial charge in [0.05, 0.1) is 0 Å². The lowest BCUT2D eigenvalue weighted by Gasteiger charge is -1.98. The fourth-order valence-corrected chi connectivity index (χ4v) is 2.08. The zero-order chi connectivity index (χ0) is 9.26. The number of thiophene rings is 1. The third kappa shape index (κ3) is 1.64. The van der Waals surface area contributed by atoms with Gasteiger partial charge in [-0.1, -0.05) is 12.1 Å². The smallest absolute Gasteiger partial charge is 0.324 e. The van der Waals surface area contributed by atoms with E-state index in [-0.39, 0.29) is 0 Å². The average Bonchev–Trinajstić information content (AvgIpc) is 2.75. The van der Waals surface area contributed by atoms with Crippen molar-refractivity contribution in [2.75, 3.05) is 6.54 Å². The minimum Gasteiger partial charge on any atom is -0.480 e. The number of carboxylic acids is 1. The van der Waals surface area contributed by atoms with Gasteiger partial charge in [0.2, 0.25) is 0 Å². The molecule has 0 saturated carbocycles. The molecular weight excluding hydrogens is 186 g/mol. The molecule has 0 aromatic carbocycles. The summed E-state index contributed by atoms with van der Waals surface area (Å²) in [4.78, 5) is 11.8. The first-order valence-electron chi connectivity index (χ1n) is 3.98. The van der Waals surface area contributed by atoms with Gasteiger partial charge >= 0.3 is 5.97 Å². The lowest BCUT2D eigenvalue weighted by molar-refractivity contribution is -0.137. The van der Waals surface area contributed by atoms with Gasteiger partial charge in [0.25, 0.3) is 0 Å². The number of carbonyl (C=O) groups is 1. The quantitative estimate of drug-likeness (QED) is 0.745. The van der Waals surface area contributed by atoms with Crippen LogP contribution in [0.25, 0.3) is 5.57 Å². The Morgan fingerprint density at radius 3 is 3.08 bits per heavy atom. The molecule has 1 aliphatic heterocycles. The number of rotatable bonds is 2. The first-order valence-corrected chi connectivity index (χ1v) is 4.86. The van der Waals surface area contributed by atoms with Gasteiger partial charge in [-0.15, -0.1) is 11.3 Å². The standard InChI is InChI=1S/C9H9NO2S/c11-9(12)7-4-6(5-10-7)8-2-1-3-13-8/h1-4,7,10H,5H2,(H,11,12)/t7-/m0/s1. The Bertz CT molecular complexity index is 343. The summed E-state index contributed by atoms with van der Waals surface area (Å²) in [7, 11) is 0. The molecule has 3 nitrogen and oxygen atoms in total. The predicted molar refractivity (Wildman–Crippen MR) is 51.7 cm³/mol. The van der Waals surface area contributed by atoms with Gasteiger partial charge in [0, 0.05) is 11.4 Å². The maximum absolute atomic E-state index is 10.6. The van der Waals surface area contributed by atoms with E-state index in [2.05, 4.69) is 5.32 Å². The Morgan fingerprint density at radius 1 is 1.69 bits per heavy atom. The molecule has 2 rings (SSSR count). The summed E-state index contributed by atoms with van der Waals surface area (Å²) in [5.74, 6) is -0.813. The van der Waals surface area contributed by atoms with Crippen molar-refractivity contribution in [2.45, 2.75) is 6.04 Å². The van der Waals surface area contributed by atoms with E-state index in [1.807, 2.05) is 17.5 Å². The molecule has 68 valence electrons. The zero-order valence-electron chi connectivity index (χ0n) is 6.86. The van der Waals surface area contributed by atoms with Gasteiger partial charge in [0.1, 0.15) is 6.04 Å². The summed E-state index contributed by atoms with van der Waals surface area (Å²) in [6.07, 6.45) is 1.77. The van der Waals surface area contributed by atoms with Crippen LogP contribution >= 0.6 is 11.3 Å². The molecule has 1 atom stereocenters. The fraction of sp³-hybridized carbons (Fsp3) is 0.222. The monoisotopic (exact) mass is 195 g/mol. The number of aliphatic carboxylic acids is 1. The molecule has 1 aliphatic rings. The second-order valence-electron chi connectivity index (χ2n) is 2.87. The molecule has 2 N–H and O–H groups in total. The summed E-state index contributed by atoms with van der Waals surface area (Å²) >= 11 is 1.63. The SMILES string of the molecule is O=C(O)[C@@H]1C=C(c2cccs2)CN1. The Balaban J connectivity index is 2.20. The molecule has 13 heavy (non-hydrogen) atoms. The number of nitrogens with one attached hydrogen (secondary N) is 1. The number of hydrogen-bond donors (Lipinski definition) is 2. The Hall–Kier alpha value is -1.13. The van der Waals surface area contributed by atoms with Crippen LogP contribution < -0.4 is 5.32 Å². The van der Waals surface area contributed by atoms with E-state index >= 15 is 0 Å². The second kappa shape index (κ2) is 3.32. The summed E-state index contributed by atoms with van der Waals surface area (Å²) in [6.45, 7) is 0.650. The van der Waals surface area contributed by atoms with Crippen LogP contribution in [0.4, 0.5) is 0 Å². The summed E-state index contributed by atoms with van der Waals surface area (Å²) < 4.78 is 0. The van der Waals surface area contributed by atoms with Crippen LogP contribution in [-0.2, 0) is 4.79 Å². The van der Waals surface area contributed by atoms with E-state index < -0.39 is 12.0 Å². The third-order valence-electron chi connectivity index (χ3n) is 1.98. The van der Waals surface area contributed by atoms with Crippen molar-refractivity contribution in [3.8, 4) is 0 Å². The van der Waals surface area contributed by atoms with Gasteiger partial charge in [0.15, 0.2) is 0 Å². The maximum atomic E-state index is 10.6. The lowest BCUT2D eigenvalue weighted by Crippen LogP contribution is -2.30. The van der Waals surface area contributed by atoms with Crippen LogP contribution in [0, 0.1) is 0 Å². The largest absolute Gasteiger partial charge is 0.480 e. The first kappa shape index (κ1) is 8.47. The van der Waals surface area contributed by atoms with Crippen LogP contribution in [0.2, 0.25) is 0 Å². The highest BCUT2D eigenvalue weighted by molar-refractivity contribution is 7.11. The maximum Gasteiger partial charge on any atom is 0.324 e. The van der Waals surface area contributed by atoms with Crippen molar-refractivity contribution in [2.24, 2.45) is 0 Å². The number of carboxylic acid groups (broad SMARTS) is 1. The Labute approximate surface area is 79.7 Å². The van der Waals surface area contributed by atoms with Crippen molar-refractivity contribution in [1.29, 1.82) is 0 Å². The van der Waals surface area contributed by atoms with Gasteiger partial charge in [-0.05, 0) is 17.0 Å². The normalized spacial score (nSPS) is 21.5. The molecule has 0 aliphatic carbocycles. The van der Waals surface area contributed by atoms with E-state index in [9.17, 15) is 4.79 Å². The molecule has 0 bridgehead atoms. The van der Waals surface area contributed by atoms with Crippen LogP contribution in [-0.4, -0.2) is 23.7 Å². The summed E-state index contributed by atoms with van der Waals surface area (Å²) in [5.41, 5.74) is 1.09. The molecule has 0 unspecified atom stereocenters. The minimum absolute atomic E-state index is 0.517. The summed E-state index contributed by atoms with van der Waals surface area (Å²) in [6, 6.07) is 3.45. The van der Waals surface area contributed by atoms with Crippen LogP contribution in [0.1, 0.15) is 4.88 Å². The second-order valence-corrected chi connectivity index (χ2v) is 3.81. The van der Waals surface area contributed by atoms with E-state index in [0.717, 1.165) is 10.5 Å². The predicted octanol–water partition coefficient (Wildman–Crippen LogP) is 1.19. The molecular formula is C9H9NO2S. The van der Waals surface area contributed by atoms with Crippen molar-refractivity contribution < 1.29 is 9.90 Å². The third-order valence-corrected chi connectivity index (χ3v) is 2.93. The van der Waals surface area contributed by atoms with Crippen LogP contribution in [0.5, 0.6) is 0 Å². The zero-order valence-corrected chi connectivity index (χ0v) is 7.67. The highest BCUT2D eigenvalue weighted by Crippen LogP contribution is 2.23. The van der Waals surface area contributed by atoms with Gasteiger partial charge < -0.3 is 5.11 Å². The van der Waals surface area contributed by atoms with Gasteiger partial charge in [-0.2, -0.15) is 0 Å². The molecule has 4 heteroatoms. The van der Waals surface area contributed by atoms with Crippen LogP contribution in [0.3, 0.4) is 0 Å². The lowest BCUT2D eigenvalue weighted by atomic mass is 10.2. The molecule has 1 aromatic rings. The van der Waals surface area contributed by atoms with Crippen molar-refractivity contribution >= 4 is 22.9 Å². The molecule has 2 heterocycles. The highest BCUT2D eigenvalue weighted by atomic mass is 32.1. The average molecular weight is 195 g/mol. The van der Waals surface area contributed by atoms with Crippen molar-refractivity contribution in [3.05, 3.63) is 28.5 Å². The summed E-state index contributed by atoms with van der Waals surface area (Å²) in [5, 5.41) is 13.6. The van der Waals surface area contributed by atoms with E-state index in [1.165, 1.54) is 0 Å². The fourth-order valence-electron chi connectivity index (χ4n) is 1.33. The van der Waals surface area contributed by atoms with Crippen molar-refractivity contribution in [3.63, 3.8) is 0 Å². The number of hydrogen-bond acceptors (Lipinski definition) is 3. The first-order chi connectivity index (χ1) is 6.27. The Kier molecular flexibility index (Phi) is 2.16. The molecule has 0 fully saturated rings. The van der Waals surface area contributed by atoms with Crippen LogP contribution in [0.15, 0.2) is 23.6 Å². The molecule has 0 amide bonds. The highest BCUT2D eigenvalue weighted by Gasteiger charge is 2.21. The molecule has 0 saturated heterocycles. The molecule has 1 aromatic heterocycles. The van der Waals surface area contributed by atoms with Gasteiger partial charge in [-0.3, -0.25) is 10.1 Å². The van der Waals surface area contributed by atoms with Crippen molar-refractivity contribution in [1.82, 2.24) is 5.32 Å². The van der Waals surface area contributed by atoms with E-state index in [1.54, 1.807) is 17.4 Å². The minimum atomic E-state index is -0.813.